The first-order valence-electron chi connectivity index (χ1n) is 6.89. The van der Waals surface area contributed by atoms with E-state index in [4.69, 9.17) is 4.74 Å². The molecule has 0 saturated heterocycles. The summed E-state index contributed by atoms with van der Waals surface area (Å²) >= 11 is 0. The number of hydrogen-bond donors (Lipinski definition) is 1. The monoisotopic (exact) mass is 292 g/mol. The van der Waals surface area contributed by atoms with Gasteiger partial charge in [0.15, 0.2) is 0 Å². The molecule has 2 aromatic carbocycles. The summed E-state index contributed by atoms with van der Waals surface area (Å²) in [6.45, 7) is 0. The molecular formula is C17H16N4O. The van der Waals surface area contributed by atoms with E-state index in [0.29, 0.717) is 0 Å². The molecule has 0 fully saturated rings. The minimum atomic E-state index is 0.736. The number of nitrogens with zero attached hydrogens (tertiary/aromatic N) is 3. The van der Waals surface area contributed by atoms with Crippen LogP contribution >= 0.6 is 0 Å². The van der Waals surface area contributed by atoms with E-state index in [9.17, 15) is 0 Å². The van der Waals surface area contributed by atoms with Crippen LogP contribution in [-0.4, -0.2) is 35.8 Å². The zero-order valence-corrected chi connectivity index (χ0v) is 12.4. The molecule has 0 aliphatic carbocycles. The molecule has 1 aromatic heterocycles. The molecule has 0 aliphatic rings. The molecule has 1 heterocycles. The van der Waals surface area contributed by atoms with Crippen molar-refractivity contribution in [3.63, 3.8) is 0 Å². The van der Waals surface area contributed by atoms with Crippen LogP contribution in [0.3, 0.4) is 0 Å². The summed E-state index contributed by atoms with van der Waals surface area (Å²) in [5.41, 5.74) is 4.82. The molecule has 5 nitrogen and oxygen atoms in total. The smallest absolute Gasteiger partial charge is 0.131 e. The van der Waals surface area contributed by atoms with Crippen LogP contribution in [0.15, 0.2) is 53.5 Å². The van der Waals surface area contributed by atoms with Gasteiger partial charge in [-0.1, -0.05) is 36.4 Å². The van der Waals surface area contributed by atoms with E-state index in [1.165, 1.54) is 0 Å². The van der Waals surface area contributed by atoms with Crippen molar-refractivity contribution in [2.75, 3.05) is 14.2 Å². The van der Waals surface area contributed by atoms with Gasteiger partial charge in [0.1, 0.15) is 17.1 Å². The van der Waals surface area contributed by atoms with Crippen molar-refractivity contribution in [3.8, 4) is 28.1 Å². The van der Waals surface area contributed by atoms with Gasteiger partial charge in [-0.05, 0) is 23.3 Å². The van der Waals surface area contributed by atoms with Gasteiger partial charge in [0, 0.05) is 12.6 Å². The summed E-state index contributed by atoms with van der Waals surface area (Å²) in [6.07, 6.45) is 1.69. The number of H-pyrrole nitrogens is 1. The first-order chi connectivity index (χ1) is 10.8. The highest BCUT2D eigenvalue weighted by Gasteiger charge is 2.08. The van der Waals surface area contributed by atoms with E-state index in [1.54, 1.807) is 20.4 Å². The summed E-state index contributed by atoms with van der Waals surface area (Å²) in [5, 5.41) is 10.9. The average Bonchev–Trinajstić information content (AvgIpc) is 3.04. The lowest BCUT2D eigenvalue weighted by molar-refractivity contribution is 0.415. The topological polar surface area (TPSA) is 63.2 Å². The molecule has 0 atom stereocenters. The number of benzene rings is 2. The number of aliphatic imine (C=N–C) groups is 1. The molecule has 0 amide bonds. The van der Waals surface area contributed by atoms with Crippen molar-refractivity contribution in [1.82, 2.24) is 15.4 Å². The number of aromatic nitrogens is 3. The van der Waals surface area contributed by atoms with Crippen LogP contribution in [0.5, 0.6) is 5.75 Å². The maximum atomic E-state index is 5.18. The molecule has 5 heteroatoms. The van der Waals surface area contributed by atoms with Gasteiger partial charge in [-0.25, -0.2) is 0 Å². The quantitative estimate of drug-likeness (QED) is 0.751. The third kappa shape index (κ3) is 2.74. The second kappa shape index (κ2) is 6.22. The fraction of sp³-hybridized carbons (Fsp3) is 0.118. The summed E-state index contributed by atoms with van der Waals surface area (Å²) in [6, 6.07) is 16.2. The highest BCUT2D eigenvalue weighted by Crippen LogP contribution is 2.26. The minimum Gasteiger partial charge on any atom is -0.497 e. The normalized spacial score (nSPS) is 11.0. The van der Waals surface area contributed by atoms with Gasteiger partial charge in [-0.15, -0.1) is 0 Å². The lowest BCUT2D eigenvalue weighted by Crippen LogP contribution is -1.87. The Balaban J connectivity index is 1.90. The Morgan fingerprint density at radius 1 is 0.909 bits per heavy atom. The number of methoxy groups -OCH3 is 1. The highest BCUT2D eigenvalue weighted by molar-refractivity contribution is 5.86. The summed E-state index contributed by atoms with van der Waals surface area (Å²) < 4.78 is 5.18. The predicted molar refractivity (Wildman–Crippen MR) is 87.3 cm³/mol. The SMILES string of the molecule is CN=Cc1n[nH]nc1-c1ccc(-c2ccc(OC)cc2)cc1. The maximum Gasteiger partial charge on any atom is 0.131 e. The summed E-state index contributed by atoms with van der Waals surface area (Å²) in [5.74, 6) is 0.853. The molecule has 0 unspecified atom stereocenters. The van der Waals surface area contributed by atoms with Crippen molar-refractivity contribution in [2.45, 2.75) is 0 Å². The van der Waals surface area contributed by atoms with Crippen LogP contribution in [-0.2, 0) is 0 Å². The van der Waals surface area contributed by atoms with Crippen LogP contribution in [0.1, 0.15) is 5.69 Å². The largest absolute Gasteiger partial charge is 0.497 e. The standard InChI is InChI=1S/C17H16N4O/c1-18-11-16-17(20-21-19-16)14-5-3-12(4-6-14)13-7-9-15(22-2)10-8-13/h3-11H,1-2H3,(H,19,20,21). The lowest BCUT2D eigenvalue weighted by atomic mass is 10.0. The lowest BCUT2D eigenvalue weighted by Gasteiger charge is -2.05. The van der Waals surface area contributed by atoms with Crippen LogP contribution in [0.2, 0.25) is 0 Å². The summed E-state index contributed by atoms with van der Waals surface area (Å²) in [4.78, 5) is 3.99. The fourth-order valence-corrected chi connectivity index (χ4v) is 2.27. The molecule has 3 aromatic rings. The summed E-state index contributed by atoms with van der Waals surface area (Å²) in [7, 11) is 3.38. The van der Waals surface area contributed by atoms with Gasteiger partial charge in [0.05, 0.1) is 13.3 Å². The van der Waals surface area contributed by atoms with Crippen LogP contribution in [0.25, 0.3) is 22.4 Å². The Bertz CT molecular complexity index is 773. The molecule has 110 valence electrons. The Morgan fingerprint density at radius 3 is 2.09 bits per heavy atom. The van der Waals surface area contributed by atoms with E-state index in [1.807, 2.05) is 36.4 Å². The zero-order chi connectivity index (χ0) is 15.4. The molecule has 0 bridgehead atoms. The number of aromatic amines is 1. The Kier molecular flexibility index (Phi) is 3.96. The third-order valence-corrected chi connectivity index (χ3v) is 3.41. The first kappa shape index (κ1) is 14.0. The average molecular weight is 292 g/mol. The van der Waals surface area contributed by atoms with Crippen molar-refractivity contribution in [1.29, 1.82) is 0 Å². The first-order valence-corrected chi connectivity index (χ1v) is 6.89. The zero-order valence-electron chi connectivity index (χ0n) is 12.4. The van der Waals surface area contributed by atoms with Crippen molar-refractivity contribution < 1.29 is 4.74 Å². The molecule has 3 rings (SSSR count). The molecule has 0 radical (unpaired) electrons. The number of ether oxygens (including phenoxy) is 1. The van der Waals surface area contributed by atoms with Gasteiger partial charge < -0.3 is 4.74 Å². The van der Waals surface area contributed by atoms with E-state index in [2.05, 4.69) is 32.5 Å². The molecule has 0 aliphatic heterocycles. The Hall–Kier alpha value is -2.95. The van der Waals surface area contributed by atoms with Crippen molar-refractivity contribution in [2.24, 2.45) is 4.99 Å². The van der Waals surface area contributed by atoms with Crippen LogP contribution in [0, 0.1) is 0 Å². The third-order valence-electron chi connectivity index (χ3n) is 3.41. The molecule has 1 N–H and O–H groups in total. The van der Waals surface area contributed by atoms with E-state index in [-0.39, 0.29) is 0 Å². The molecule has 0 saturated carbocycles. The molecular weight excluding hydrogens is 276 g/mol. The molecule has 22 heavy (non-hydrogen) atoms. The molecule has 0 spiro atoms. The number of rotatable bonds is 4. The van der Waals surface area contributed by atoms with Gasteiger partial charge in [0.2, 0.25) is 0 Å². The van der Waals surface area contributed by atoms with Crippen LogP contribution < -0.4 is 4.74 Å². The van der Waals surface area contributed by atoms with E-state index in [0.717, 1.165) is 33.8 Å². The Labute approximate surface area is 128 Å². The number of nitrogens with one attached hydrogen (secondary N) is 1. The number of hydrogen-bond acceptors (Lipinski definition) is 4. The van der Waals surface area contributed by atoms with Gasteiger partial charge >= 0.3 is 0 Å². The fourth-order valence-electron chi connectivity index (χ4n) is 2.27. The van der Waals surface area contributed by atoms with Crippen molar-refractivity contribution >= 4 is 6.21 Å². The second-order valence-corrected chi connectivity index (χ2v) is 4.75. The van der Waals surface area contributed by atoms with Crippen molar-refractivity contribution in [3.05, 3.63) is 54.2 Å². The van der Waals surface area contributed by atoms with Gasteiger partial charge in [-0.3, -0.25) is 4.99 Å². The van der Waals surface area contributed by atoms with E-state index < -0.39 is 0 Å². The second-order valence-electron chi connectivity index (χ2n) is 4.75. The van der Waals surface area contributed by atoms with Crippen LogP contribution in [0.4, 0.5) is 0 Å². The van der Waals surface area contributed by atoms with Gasteiger partial charge in [0.25, 0.3) is 0 Å². The minimum absolute atomic E-state index is 0.736. The predicted octanol–water partition coefficient (Wildman–Crippen LogP) is 3.20. The highest BCUT2D eigenvalue weighted by atomic mass is 16.5. The maximum absolute atomic E-state index is 5.18. The van der Waals surface area contributed by atoms with E-state index >= 15 is 0 Å². The Morgan fingerprint density at radius 2 is 1.50 bits per heavy atom. The van der Waals surface area contributed by atoms with Gasteiger partial charge in [-0.2, -0.15) is 15.4 Å².